The third kappa shape index (κ3) is 2.12. The van der Waals surface area contributed by atoms with E-state index in [1.807, 2.05) is 30.5 Å². The Bertz CT molecular complexity index is 560. The lowest BCUT2D eigenvalue weighted by atomic mass is 10.0. The van der Waals surface area contributed by atoms with Crippen molar-refractivity contribution in [2.45, 2.75) is 25.3 Å². The van der Waals surface area contributed by atoms with Gasteiger partial charge in [0, 0.05) is 17.5 Å². The zero-order chi connectivity index (χ0) is 13.2. The van der Waals surface area contributed by atoms with E-state index in [2.05, 4.69) is 9.55 Å². The number of nitrogens with zero attached hydrogens (tertiary/aromatic N) is 2. The number of imidazole rings is 1. The Balaban J connectivity index is 2.03. The molecule has 1 atom stereocenters. The molecule has 19 heavy (non-hydrogen) atoms. The van der Waals surface area contributed by atoms with Gasteiger partial charge in [-0.1, -0.05) is 0 Å². The molecular formula is C15H18N2O2. The second-order valence-corrected chi connectivity index (χ2v) is 4.90. The molecule has 4 nitrogen and oxygen atoms in total. The highest BCUT2D eigenvalue weighted by Gasteiger charge is 2.23. The Labute approximate surface area is 112 Å². The number of fused-ring (bicyclic) bond motifs is 1. The van der Waals surface area contributed by atoms with Gasteiger partial charge in [0.15, 0.2) is 0 Å². The maximum absolute atomic E-state index is 9.54. The molecule has 4 heteroatoms. The van der Waals surface area contributed by atoms with E-state index in [9.17, 15) is 5.11 Å². The Kier molecular flexibility index (Phi) is 3.25. The van der Waals surface area contributed by atoms with Crippen LogP contribution in [0.5, 0.6) is 5.75 Å². The summed E-state index contributed by atoms with van der Waals surface area (Å²) < 4.78 is 7.36. The SMILES string of the molecule is COc1ccc(-c2ncc3n2C(CO)CCC3)cc1. The highest BCUT2D eigenvalue weighted by Crippen LogP contribution is 2.31. The minimum absolute atomic E-state index is 0.156. The number of hydrogen-bond acceptors (Lipinski definition) is 3. The van der Waals surface area contributed by atoms with Crippen LogP contribution >= 0.6 is 0 Å². The van der Waals surface area contributed by atoms with E-state index >= 15 is 0 Å². The molecule has 0 spiro atoms. The molecule has 2 aromatic rings. The monoisotopic (exact) mass is 258 g/mol. The van der Waals surface area contributed by atoms with Crippen molar-refractivity contribution in [1.82, 2.24) is 9.55 Å². The lowest BCUT2D eigenvalue weighted by Gasteiger charge is -2.25. The summed E-state index contributed by atoms with van der Waals surface area (Å²) in [5.74, 6) is 1.78. The van der Waals surface area contributed by atoms with Crippen LogP contribution in [-0.4, -0.2) is 28.4 Å². The van der Waals surface area contributed by atoms with Gasteiger partial charge in [0.1, 0.15) is 11.6 Å². The van der Waals surface area contributed by atoms with Gasteiger partial charge < -0.3 is 14.4 Å². The van der Waals surface area contributed by atoms with E-state index in [-0.39, 0.29) is 12.6 Å². The first-order valence-electron chi connectivity index (χ1n) is 6.65. The van der Waals surface area contributed by atoms with Crippen LogP contribution in [0.3, 0.4) is 0 Å². The summed E-state index contributed by atoms with van der Waals surface area (Å²) >= 11 is 0. The van der Waals surface area contributed by atoms with Gasteiger partial charge in [-0.05, 0) is 43.5 Å². The largest absolute Gasteiger partial charge is 0.497 e. The molecule has 1 N–H and O–H groups in total. The minimum atomic E-state index is 0.156. The van der Waals surface area contributed by atoms with Gasteiger partial charge in [-0.15, -0.1) is 0 Å². The molecule has 0 radical (unpaired) electrons. The third-order valence-corrected chi connectivity index (χ3v) is 3.77. The smallest absolute Gasteiger partial charge is 0.140 e. The molecule has 0 aliphatic carbocycles. The molecule has 1 unspecified atom stereocenters. The Morgan fingerprint density at radius 3 is 2.84 bits per heavy atom. The van der Waals surface area contributed by atoms with E-state index in [1.165, 1.54) is 5.69 Å². The molecule has 0 saturated heterocycles. The molecule has 1 aliphatic rings. The average molecular weight is 258 g/mol. The van der Waals surface area contributed by atoms with Crippen molar-refractivity contribution in [2.75, 3.05) is 13.7 Å². The van der Waals surface area contributed by atoms with E-state index in [0.29, 0.717) is 0 Å². The van der Waals surface area contributed by atoms with Crippen LogP contribution in [0.25, 0.3) is 11.4 Å². The molecule has 1 aliphatic heterocycles. The molecule has 100 valence electrons. The highest BCUT2D eigenvalue weighted by molar-refractivity contribution is 5.58. The third-order valence-electron chi connectivity index (χ3n) is 3.77. The molecular weight excluding hydrogens is 240 g/mol. The van der Waals surface area contributed by atoms with Crippen molar-refractivity contribution in [3.05, 3.63) is 36.2 Å². The maximum atomic E-state index is 9.54. The van der Waals surface area contributed by atoms with Gasteiger partial charge in [-0.3, -0.25) is 0 Å². The first kappa shape index (κ1) is 12.2. The number of aryl methyl sites for hydroxylation is 1. The van der Waals surface area contributed by atoms with Crippen LogP contribution in [0.2, 0.25) is 0 Å². The minimum Gasteiger partial charge on any atom is -0.497 e. The fourth-order valence-corrected chi connectivity index (χ4v) is 2.76. The van der Waals surface area contributed by atoms with Gasteiger partial charge in [0.25, 0.3) is 0 Å². The molecule has 0 bridgehead atoms. The number of benzene rings is 1. The Morgan fingerprint density at radius 2 is 2.16 bits per heavy atom. The molecule has 1 aromatic heterocycles. The van der Waals surface area contributed by atoms with Crippen molar-refractivity contribution in [3.8, 4) is 17.1 Å². The summed E-state index contributed by atoms with van der Waals surface area (Å²) in [5, 5.41) is 9.54. The number of methoxy groups -OCH3 is 1. The first-order chi connectivity index (χ1) is 9.33. The van der Waals surface area contributed by atoms with Crippen LogP contribution in [-0.2, 0) is 6.42 Å². The second kappa shape index (κ2) is 5.05. The van der Waals surface area contributed by atoms with Crippen molar-refractivity contribution in [3.63, 3.8) is 0 Å². The number of aliphatic hydroxyl groups is 1. The van der Waals surface area contributed by atoms with E-state index in [4.69, 9.17) is 4.74 Å². The normalized spacial score (nSPS) is 18.1. The van der Waals surface area contributed by atoms with Gasteiger partial charge in [0.05, 0.1) is 19.8 Å². The van der Waals surface area contributed by atoms with E-state index < -0.39 is 0 Å². The molecule has 0 fully saturated rings. The Morgan fingerprint density at radius 1 is 1.37 bits per heavy atom. The zero-order valence-corrected chi connectivity index (χ0v) is 11.0. The summed E-state index contributed by atoms with van der Waals surface area (Å²) in [7, 11) is 1.66. The van der Waals surface area contributed by atoms with Crippen LogP contribution in [0, 0.1) is 0 Å². The van der Waals surface area contributed by atoms with Gasteiger partial charge in [0.2, 0.25) is 0 Å². The molecule has 0 amide bonds. The topological polar surface area (TPSA) is 47.3 Å². The molecule has 0 saturated carbocycles. The molecule has 3 rings (SSSR count). The highest BCUT2D eigenvalue weighted by atomic mass is 16.5. The first-order valence-corrected chi connectivity index (χ1v) is 6.65. The summed E-state index contributed by atoms with van der Waals surface area (Å²) in [6.07, 6.45) is 5.11. The van der Waals surface area contributed by atoms with Crippen molar-refractivity contribution in [2.24, 2.45) is 0 Å². The molecule has 1 aromatic carbocycles. The summed E-state index contributed by atoms with van der Waals surface area (Å²) in [6.45, 7) is 0.173. The standard InChI is InChI=1S/C15H18N2O2/c1-19-14-7-5-11(6-8-14)15-16-9-12-3-2-4-13(10-18)17(12)15/h5-9,13,18H,2-4,10H2,1H3. The van der Waals surface area contributed by atoms with Crippen molar-refractivity contribution in [1.29, 1.82) is 0 Å². The summed E-state index contributed by atoms with van der Waals surface area (Å²) in [5.41, 5.74) is 2.28. The van der Waals surface area contributed by atoms with E-state index in [0.717, 1.165) is 36.4 Å². The van der Waals surface area contributed by atoms with E-state index in [1.54, 1.807) is 7.11 Å². The van der Waals surface area contributed by atoms with Gasteiger partial charge in [-0.2, -0.15) is 0 Å². The molecule has 2 heterocycles. The fraction of sp³-hybridized carbons (Fsp3) is 0.400. The second-order valence-electron chi connectivity index (χ2n) is 4.90. The van der Waals surface area contributed by atoms with Crippen LogP contribution in [0.1, 0.15) is 24.6 Å². The maximum Gasteiger partial charge on any atom is 0.140 e. The predicted octanol–water partition coefficient (Wildman–Crippen LogP) is 2.43. The van der Waals surface area contributed by atoms with Gasteiger partial charge >= 0.3 is 0 Å². The van der Waals surface area contributed by atoms with Crippen LogP contribution < -0.4 is 4.74 Å². The quantitative estimate of drug-likeness (QED) is 0.919. The Hall–Kier alpha value is -1.81. The van der Waals surface area contributed by atoms with Crippen LogP contribution in [0.4, 0.5) is 0 Å². The fourth-order valence-electron chi connectivity index (χ4n) is 2.76. The lowest BCUT2D eigenvalue weighted by molar-refractivity contribution is 0.208. The number of hydrogen-bond donors (Lipinski definition) is 1. The number of ether oxygens (including phenoxy) is 1. The lowest BCUT2D eigenvalue weighted by Crippen LogP contribution is -2.21. The van der Waals surface area contributed by atoms with Gasteiger partial charge in [-0.25, -0.2) is 4.98 Å². The zero-order valence-electron chi connectivity index (χ0n) is 11.0. The number of rotatable bonds is 3. The predicted molar refractivity (Wildman–Crippen MR) is 73.3 cm³/mol. The van der Waals surface area contributed by atoms with Crippen molar-refractivity contribution < 1.29 is 9.84 Å². The number of aliphatic hydroxyl groups excluding tert-OH is 1. The average Bonchev–Trinajstić information content (AvgIpc) is 2.91. The summed E-state index contributed by atoms with van der Waals surface area (Å²) in [4.78, 5) is 4.53. The number of aromatic nitrogens is 2. The van der Waals surface area contributed by atoms with Crippen LogP contribution in [0.15, 0.2) is 30.5 Å². The van der Waals surface area contributed by atoms with Crippen molar-refractivity contribution >= 4 is 0 Å². The summed E-state index contributed by atoms with van der Waals surface area (Å²) in [6, 6.07) is 8.06.